The maximum atomic E-state index is 10.4. The third kappa shape index (κ3) is 2.23. The molecule has 1 aliphatic heterocycles. The van der Waals surface area contributed by atoms with Crippen molar-refractivity contribution in [1.29, 1.82) is 0 Å². The Kier molecular flexibility index (Phi) is 3.21. The van der Waals surface area contributed by atoms with Crippen molar-refractivity contribution in [3.63, 3.8) is 0 Å². The molecule has 6 nitrogen and oxygen atoms in total. The summed E-state index contributed by atoms with van der Waals surface area (Å²) in [5.41, 5.74) is 7.63. The predicted octanol–water partition coefficient (Wildman–Crippen LogP) is 0.612. The van der Waals surface area contributed by atoms with Crippen molar-refractivity contribution < 1.29 is 19.2 Å². The first-order valence-corrected chi connectivity index (χ1v) is 5.21. The van der Waals surface area contributed by atoms with Gasteiger partial charge in [0.2, 0.25) is 0 Å². The molecule has 0 radical (unpaired) electrons. The fraction of sp³-hybridized carbons (Fsp3) is 0.600. The first-order valence-electron chi connectivity index (χ1n) is 5.21. The number of fused-ring (bicyclic) bond motifs is 1. The fourth-order valence-electron chi connectivity index (χ4n) is 1.75. The van der Waals surface area contributed by atoms with Crippen molar-refractivity contribution >= 4 is 5.97 Å². The molecule has 1 unspecified atom stereocenters. The van der Waals surface area contributed by atoms with Crippen LogP contribution in [0.3, 0.4) is 0 Å². The molecule has 3 N–H and O–H groups in total. The van der Waals surface area contributed by atoms with Gasteiger partial charge in [-0.2, -0.15) is 0 Å². The second-order valence-electron chi connectivity index (χ2n) is 3.81. The van der Waals surface area contributed by atoms with Crippen LogP contribution in [-0.4, -0.2) is 22.8 Å². The minimum Gasteiger partial charge on any atom is -0.481 e. The number of hydrogen-bond donors (Lipinski definition) is 2. The summed E-state index contributed by atoms with van der Waals surface area (Å²) in [4.78, 5) is 10.4. The molecule has 1 aliphatic rings. The lowest BCUT2D eigenvalue weighted by molar-refractivity contribution is -0.137. The van der Waals surface area contributed by atoms with Crippen LogP contribution >= 0.6 is 0 Å². The molecule has 0 aliphatic carbocycles. The Balaban J connectivity index is 2.08. The van der Waals surface area contributed by atoms with Crippen LogP contribution in [0, 0.1) is 0 Å². The van der Waals surface area contributed by atoms with Gasteiger partial charge >= 0.3 is 5.97 Å². The lowest BCUT2D eigenvalue weighted by Gasteiger charge is -2.13. The molecule has 0 aromatic carbocycles. The number of rotatable bonds is 4. The van der Waals surface area contributed by atoms with E-state index >= 15 is 0 Å². The fourth-order valence-corrected chi connectivity index (χ4v) is 1.75. The van der Waals surface area contributed by atoms with Crippen LogP contribution in [0.4, 0.5) is 0 Å². The van der Waals surface area contributed by atoms with Crippen LogP contribution in [0.15, 0.2) is 4.52 Å². The van der Waals surface area contributed by atoms with Crippen molar-refractivity contribution in [1.82, 2.24) is 5.16 Å². The number of aromatic nitrogens is 1. The SMILES string of the molecule is NC(CCC(=O)O)c1onc2c1COCC2. The molecule has 0 saturated heterocycles. The van der Waals surface area contributed by atoms with Gasteiger partial charge in [-0.05, 0) is 6.42 Å². The average molecular weight is 226 g/mol. The van der Waals surface area contributed by atoms with E-state index in [0.717, 1.165) is 17.7 Å². The van der Waals surface area contributed by atoms with Crippen LogP contribution in [0.2, 0.25) is 0 Å². The molecular formula is C10H14N2O4. The van der Waals surface area contributed by atoms with E-state index in [-0.39, 0.29) is 6.42 Å². The van der Waals surface area contributed by atoms with E-state index < -0.39 is 12.0 Å². The van der Waals surface area contributed by atoms with Gasteiger partial charge in [-0.1, -0.05) is 5.16 Å². The number of hydrogen-bond acceptors (Lipinski definition) is 5. The second-order valence-corrected chi connectivity index (χ2v) is 3.81. The van der Waals surface area contributed by atoms with E-state index in [4.69, 9.17) is 20.1 Å². The Morgan fingerprint density at radius 3 is 3.19 bits per heavy atom. The molecule has 0 amide bonds. The highest BCUT2D eigenvalue weighted by Gasteiger charge is 2.24. The topological polar surface area (TPSA) is 98.6 Å². The van der Waals surface area contributed by atoms with E-state index in [0.29, 0.717) is 25.4 Å². The van der Waals surface area contributed by atoms with E-state index in [1.54, 1.807) is 0 Å². The molecule has 1 aromatic rings. The largest absolute Gasteiger partial charge is 0.481 e. The molecule has 1 aromatic heterocycles. The Labute approximate surface area is 92.4 Å². The average Bonchev–Trinajstić information content (AvgIpc) is 2.69. The predicted molar refractivity (Wildman–Crippen MR) is 53.7 cm³/mol. The van der Waals surface area contributed by atoms with Gasteiger partial charge in [0.15, 0.2) is 5.76 Å². The number of carboxylic acids is 1. The number of nitrogens with two attached hydrogens (primary N) is 1. The normalized spacial score (nSPS) is 16.8. The smallest absolute Gasteiger partial charge is 0.303 e. The maximum absolute atomic E-state index is 10.4. The molecule has 1 atom stereocenters. The molecule has 88 valence electrons. The number of ether oxygens (including phenoxy) is 1. The van der Waals surface area contributed by atoms with Crippen molar-refractivity contribution in [2.75, 3.05) is 6.61 Å². The lowest BCUT2D eigenvalue weighted by Crippen LogP contribution is -2.16. The Bertz CT molecular complexity index is 388. The van der Waals surface area contributed by atoms with Gasteiger partial charge in [-0.15, -0.1) is 0 Å². The second kappa shape index (κ2) is 4.63. The third-order valence-corrected chi connectivity index (χ3v) is 2.64. The quantitative estimate of drug-likeness (QED) is 0.780. The highest BCUT2D eigenvalue weighted by atomic mass is 16.5. The molecule has 6 heteroatoms. The highest BCUT2D eigenvalue weighted by Crippen LogP contribution is 2.26. The van der Waals surface area contributed by atoms with Gasteiger partial charge < -0.3 is 20.1 Å². The Hall–Kier alpha value is -1.40. The summed E-state index contributed by atoms with van der Waals surface area (Å²) in [5.74, 6) is -0.295. The number of carboxylic acid groups (broad SMARTS) is 1. The number of carbonyl (C=O) groups is 1. The Morgan fingerprint density at radius 2 is 2.44 bits per heavy atom. The molecule has 0 bridgehead atoms. The van der Waals surface area contributed by atoms with E-state index in [1.165, 1.54) is 0 Å². The molecule has 0 fully saturated rings. The van der Waals surface area contributed by atoms with Gasteiger partial charge in [-0.3, -0.25) is 4.79 Å². The van der Waals surface area contributed by atoms with Gasteiger partial charge in [0.1, 0.15) is 0 Å². The summed E-state index contributed by atoms with van der Waals surface area (Å²) in [6, 6.07) is -0.422. The van der Waals surface area contributed by atoms with E-state index in [9.17, 15) is 4.79 Å². The standard InChI is InChI=1S/C10H14N2O4/c11-7(1-2-9(13)14)10-6-5-15-4-3-8(6)12-16-10/h7H,1-5,11H2,(H,13,14). The lowest BCUT2D eigenvalue weighted by atomic mass is 10.0. The van der Waals surface area contributed by atoms with E-state index in [2.05, 4.69) is 5.16 Å². The summed E-state index contributed by atoms with van der Waals surface area (Å²) >= 11 is 0. The summed E-state index contributed by atoms with van der Waals surface area (Å²) < 4.78 is 10.5. The summed E-state index contributed by atoms with van der Waals surface area (Å²) in [7, 11) is 0. The van der Waals surface area contributed by atoms with Gasteiger partial charge in [0, 0.05) is 18.4 Å². The summed E-state index contributed by atoms with van der Waals surface area (Å²) in [6.45, 7) is 1.10. The minimum absolute atomic E-state index is 0.0253. The maximum Gasteiger partial charge on any atom is 0.303 e. The zero-order chi connectivity index (χ0) is 11.5. The third-order valence-electron chi connectivity index (χ3n) is 2.64. The van der Waals surface area contributed by atoms with Crippen molar-refractivity contribution in [2.45, 2.75) is 31.9 Å². The Morgan fingerprint density at radius 1 is 1.62 bits per heavy atom. The summed E-state index contributed by atoms with van der Waals surface area (Å²) in [6.07, 6.45) is 1.10. The van der Waals surface area contributed by atoms with Gasteiger partial charge in [0.25, 0.3) is 0 Å². The molecule has 0 spiro atoms. The number of aliphatic carboxylic acids is 1. The zero-order valence-corrected chi connectivity index (χ0v) is 8.81. The summed E-state index contributed by atoms with van der Waals surface area (Å²) in [5, 5.41) is 12.5. The van der Waals surface area contributed by atoms with Gasteiger partial charge in [0.05, 0.1) is 24.9 Å². The van der Waals surface area contributed by atoms with Crippen LogP contribution in [0.5, 0.6) is 0 Å². The van der Waals surface area contributed by atoms with Crippen molar-refractivity contribution in [3.05, 3.63) is 17.0 Å². The van der Waals surface area contributed by atoms with Gasteiger partial charge in [-0.25, -0.2) is 0 Å². The van der Waals surface area contributed by atoms with Crippen LogP contribution in [0.1, 0.15) is 35.9 Å². The highest BCUT2D eigenvalue weighted by molar-refractivity contribution is 5.66. The number of nitrogens with zero attached hydrogens (tertiary/aromatic N) is 1. The minimum atomic E-state index is -0.861. The zero-order valence-electron chi connectivity index (χ0n) is 8.81. The first-order chi connectivity index (χ1) is 7.68. The molecule has 2 rings (SSSR count). The van der Waals surface area contributed by atoms with Crippen molar-refractivity contribution in [2.24, 2.45) is 5.73 Å². The molecule has 2 heterocycles. The van der Waals surface area contributed by atoms with E-state index in [1.807, 2.05) is 0 Å². The molecule has 0 saturated carbocycles. The van der Waals surface area contributed by atoms with Crippen LogP contribution in [0.25, 0.3) is 0 Å². The van der Waals surface area contributed by atoms with Crippen molar-refractivity contribution in [3.8, 4) is 0 Å². The molecular weight excluding hydrogens is 212 g/mol. The molecule has 16 heavy (non-hydrogen) atoms. The monoisotopic (exact) mass is 226 g/mol. The first kappa shape index (κ1) is 11.1. The van der Waals surface area contributed by atoms with Crippen LogP contribution in [-0.2, 0) is 22.6 Å². The van der Waals surface area contributed by atoms with Crippen LogP contribution < -0.4 is 5.73 Å².